The molecule has 2 heterocycles. The molecule has 0 spiro atoms. The van der Waals surface area contributed by atoms with Crippen molar-refractivity contribution in [3.63, 3.8) is 0 Å². The number of carbonyl (C=O) groups is 1. The Bertz CT molecular complexity index is 1020. The molecule has 0 amide bonds. The zero-order valence-corrected chi connectivity index (χ0v) is 14.8. The minimum atomic E-state index is -0.891. The van der Waals surface area contributed by atoms with E-state index < -0.39 is 16.8 Å². The summed E-state index contributed by atoms with van der Waals surface area (Å²) < 4.78 is 9.80. The number of carbonyl (C=O) groups excluding carboxylic acids is 1. The number of para-hydroxylation sites is 1. The van der Waals surface area contributed by atoms with Crippen LogP contribution in [0.2, 0.25) is 0 Å². The molecule has 0 aliphatic heterocycles. The van der Waals surface area contributed by atoms with Crippen molar-refractivity contribution in [3.8, 4) is 0 Å². The number of ether oxygens (including phenoxy) is 1. The molecule has 11 heteroatoms. The Morgan fingerprint density at radius 3 is 2.75 bits per heavy atom. The maximum Gasteiger partial charge on any atom is 0.433 e. The third kappa shape index (κ3) is 4.38. The third-order valence-corrected chi connectivity index (χ3v) is 3.65. The number of nitro groups is 1. The Hall–Kier alpha value is -4.02. The second kappa shape index (κ2) is 8.12. The predicted octanol–water partition coefficient (Wildman–Crippen LogP) is 2.62. The maximum atomic E-state index is 11.9. The van der Waals surface area contributed by atoms with E-state index in [0.717, 1.165) is 29.8 Å². The molecule has 0 unspecified atom stereocenters. The summed E-state index contributed by atoms with van der Waals surface area (Å²) >= 11 is 0. The number of benzene rings is 1. The van der Waals surface area contributed by atoms with Crippen LogP contribution in [-0.2, 0) is 17.8 Å². The lowest BCUT2D eigenvalue weighted by atomic mass is 10.1. The van der Waals surface area contributed by atoms with Gasteiger partial charge in [-0.3, -0.25) is 10.1 Å². The number of rotatable bonds is 7. The maximum absolute atomic E-state index is 11.9. The van der Waals surface area contributed by atoms with Crippen molar-refractivity contribution >= 4 is 29.4 Å². The fourth-order valence-electron chi connectivity index (χ4n) is 2.37. The van der Waals surface area contributed by atoms with E-state index in [1.54, 1.807) is 0 Å². The topological polar surface area (TPSA) is 159 Å². The number of nitrogens with two attached hydrogens (primary N) is 1. The highest BCUT2D eigenvalue weighted by Crippen LogP contribution is 2.20. The number of esters is 1. The molecule has 3 rings (SSSR count). The van der Waals surface area contributed by atoms with E-state index in [-0.39, 0.29) is 30.1 Å². The van der Waals surface area contributed by atoms with Crippen LogP contribution >= 0.6 is 0 Å². The van der Waals surface area contributed by atoms with Gasteiger partial charge in [0.05, 0.1) is 6.07 Å². The molecule has 0 bridgehead atoms. The fourth-order valence-corrected chi connectivity index (χ4v) is 2.37. The molecule has 0 atom stereocenters. The molecule has 28 heavy (non-hydrogen) atoms. The minimum absolute atomic E-state index is 0.0498. The molecule has 2 aromatic heterocycles. The van der Waals surface area contributed by atoms with E-state index in [2.05, 4.69) is 20.3 Å². The van der Waals surface area contributed by atoms with E-state index in [4.69, 9.17) is 14.9 Å². The van der Waals surface area contributed by atoms with Gasteiger partial charge in [-0.2, -0.15) is 15.0 Å². The van der Waals surface area contributed by atoms with E-state index in [1.165, 1.54) is 0 Å². The van der Waals surface area contributed by atoms with Gasteiger partial charge in [-0.15, -0.1) is 0 Å². The van der Waals surface area contributed by atoms with Crippen LogP contribution in [0.5, 0.6) is 0 Å². The van der Waals surface area contributed by atoms with Crippen LogP contribution in [0.25, 0.3) is 0 Å². The van der Waals surface area contributed by atoms with E-state index >= 15 is 0 Å². The predicted molar refractivity (Wildman–Crippen MR) is 97.8 cm³/mol. The Morgan fingerprint density at radius 2 is 2.04 bits per heavy atom. The number of hydrogen-bond acceptors (Lipinski definition) is 10. The molecule has 3 N–H and O–H groups in total. The zero-order valence-electron chi connectivity index (χ0n) is 14.8. The van der Waals surface area contributed by atoms with Crippen molar-refractivity contribution in [1.29, 1.82) is 0 Å². The summed E-state index contributed by atoms with van der Waals surface area (Å²) in [6.45, 7) is 1.70. The molecule has 0 saturated heterocycles. The quantitative estimate of drug-likeness (QED) is 0.352. The van der Waals surface area contributed by atoms with Crippen molar-refractivity contribution in [2.45, 2.75) is 20.0 Å². The van der Waals surface area contributed by atoms with Gasteiger partial charge in [0.15, 0.2) is 12.4 Å². The van der Waals surface area contributed by atoms with Crippen molar-refractivity contribution in [3.05, 3.63) is 63.7 Å². The van der Waals surface area contributed by atoms with Gasteiger partial charge in [0.1, 0.15) is 4.92 Å². The first kappa shape index (κ1) is 18.8. The van der Waals surface area contributed by atoms with Crippen LogP contribution in [0.1, 0.15) is 28.9 Å². The number of anilines is 3. The Kier molecular flexibility index (Phi) is 5.44. The first-order valence-corrected chi connectivity index (χ1v) is 8.23. The van der Waals surface area contributed by atoms with Crippen LogP contribution in [0.15, 0.2) is 40.8 Å². The summed E-state index contributed by atoms with van der Waals surface area (Å²) in [5.74, 6) is -1.49. The number of aryl methyl sites for hydroxylation is 1. The molecule has 144 valence electrons. The van der Waals surface area contributed by atoms with Crippen molar-refractivity contribution < 1.29 is 18.9 Å². The lowest BCUT2D eigenvalue weighted by Gasteiger charge is -2.10. The average Bonchev–Trinajstić information content (AvgIpc) is 3.17. The van der Waals surface area contributed by atoms with Crippen molar-refractivity contribution in [1.82, 2.24) is 15.0 Å². The van der Waals surface area contributed by atoms with Gasteiger partial charge in [-0.05, 0) is 24.1 Å². The Morgan fingerprint density at radius 1 is 1.25 bits per heavy atom. The molecule has 0 aliphatic rings. The largest absolute Gasteiger partial charge is 0.452 e. The van der Waals surface area contributed by atoms with Gasteiger partial charge in [0, 0.05) is 5.69 Å². The second-order valence-corrected chi connectivity index (χ2v) is 5.54. The zero-order chi connectivity index (χ0) is 20.1. The highest BCUT2D eigenvalue weighted by molar-refractivity contribution is 5.86. The lowest BCUT2D eigenvalue weighted by molar-refractivity contribution is -0.402. The number of aromatic nitrogens is 3. The highest BCUT2D eigenvalue weighted by Gasteiger charge is 2.19. The van der Waals surface area contributed by atoms with Gasteiger partial charge in [-0.25, -0.2) is 4.79 Å². The number of nitrogens with zero attached hydrogens (tertiary/aromatic N) is 4. The Balaban J connectivity index is 1.70. The summed E-state index contributed by atoms with van der Waals surface area (Å²) in [4.78, 5) is 33.9. The SMILES string of the molecule is CCc1ccccc1Nc1nc(N)nc(COC(=O)c2ccc([N+](=O)[O-])o2)n1. The summed E-state index contributed by atoms with van der Waals surface area (Å²) in [6.07, 6.45) is 0.809. The van der Waals surface area contributed by atoms with Crippen LogP contribution in [0.3, 0.4) is 0 Å². The summed E-state index contributed by atoms with van der Waals surface area (Å²) in [5, 5.41) is 13.7. The highest BCUT2D eigenvalue weighted by atomic mass is 16.7. The van der Waals surface area contributed by atoms with E-state index in [9.17, 15) is 14.9 Å². The normalized spacial score (nSPS) is 10.5. The molecule has 0 aliphatic carbocycles. The smallest absolute Gasteiger partial charge is 0.433 e. The number of furan rings is 1. The summed E-state index contributed by atoms with van der Waals surface area (Å²) in [6, 6.07) is 9.86. The number of nitrogen functional groups attached to an aromatic ring is 1. The molecule has 0 radical (unpaired) electrons. The first-order chi connectivity index (χ1) is 13.5. The van der Waals surface area contributed by atoms with Crippen molar-refractivity contribution in [2.75, 3.05) is 11.1 Å². The van der Waals surface area contributed by atoms with Crippen molar-refractivity contribution in [2.24, 2.45) is 0 Å². The monoisotopic (exact) mass is 384 g/mol. The van der Waals surface area contributed by atoms with E-state index in [1.807, 2.05) is 31.2 Å². The van der Waals surface area contributed by atoms with Crippen LogP contribution in [-0.4, -0.2) is 25.8 Å². The van der Waals surface area contributed by atoms with Gasteiger partial charge < -0.3 is 20.2 Å². The van der Waals surface area contributed by atoms with Crippen LogP contribution < -0.4 is 11.1 Å². The second-order valence-electron chi connectivity index (χ2n) is 5.54. The third-order valence-electron chi connectivity index (χ3n) is 3.65. The Labute approximate surface area is 158 Å². The standard InChI is InChI=1S/C17H16N6O5/c1-2-10-5-3-4-6-11(10)19-17-21-13(20-16(18)22-17)9-27-15(24)12-7-8-14(28-12)23(25)26/h3-8H,2,9H2,1H3,(H3,18,19,20,21,22). The van der Waals surface area contributed by atoms with E-state index in [0.29, 0.717) is 0 Å². The number of hydrogen-bond donors (Lipinski definition) is 2. The van der Waals surface area contributed by atoms with Gasteiger partial charge in [-0.1, -0.05) is 25.1 Å². The minimum Gasteiger partial charge on any atom is -0.452 e. The van der Waals surface area contributed by atoms with Crippen LogP contribution in [0, 0.1) is 10.1 Å². The molecule has 1 aromatic carbocycles. The molecule has 11 nitrogen and oxygen atoms in total. The van der Waals surface area contributed by atoms with Gasteiger partial charge >= 0.3 is 11.9 Å². The average molecular weight is 384 g/mol. The molecular formula is C17H16N6O5. The fraction of sp³-hybridized carbons (Fsp3) is 0.176. The summed E-state index contributed by atoms with van der Waals surface area (Å²) in [5.41, 5.74) is 7.59. The molecule has 0 fully saturated rings. The summed E-state index contributed by atoms with van der Waals surface area (Å²) in [7, 11) is 0. The number of nitrogens with one attached hydrogen (secondary N) is 1. The molecule has 3 aromatic rings. The molecular weight excluding hydrogens is 368 g/mol. The van der Waals surface area contributed by atoms with Gasteiger partial charge in [0.25, 0.3) is 0 Å². The van der Waals surface area contributed by atoms with Gasteiger partial charge in [0.2, 0.25) is 17.7 Å². The molecule has 0 saturated carbocycles. The van der Waals surface area contributed by atoms with Crippen LogP contribution in [0.4, 0.5) is 23.5 Å². The first-order valence-electron chi connectivity index (χ1n) is 8.23. The lowest BCUT2D eigenvalue weighted by Crippen LogP contribution is -2.11.